The van der Waals surface area contributed by atoms with E-state index < -0.39 is 0 Å². The molecule has 7 heteroatoms. The third-order valence-corrected chi connectivity index (χ3v) is 4.57. The van der Waals surface area contributed by atoms with Gasteiger partial charge in [0.15, 0.2) is 11.0 Å². The summed E-state index contributed by atoms with van der Waals surface area (Å²) in [6.45, 7) is 0.659. The molecular weight excluding hydrogens is 336 g/mol. The lowest BCUT2D eigenvalue weighted by molar-refractivity contribution is -0.140. The first kappa shape index (κ1) is 17.2. The number of carbonyl (C=O) groups is 1. The van der Waals surface area contributed by atoms with Crippen molar-refractivity contribution in [3.63, 3.8) is 0 Å². The third kappa shape index (κ3) is 4.45. The first-order valence-electron chi connectivity index (χ1n) is 7.85. The molecule has 2 heterocycles. The summed E-state index contributed by atoms with van der Waals surface area (Å²) < 4.78 is 6.75. The summed E-state index contributed by atoms with van der Waals surface area (Å²) in [5.74, 6) is 1.15. The molecule has 3 rings (SSSR count). The van der Waals surface area contributed by atoms with Gasteiger partial charge in [0.1, 0.15) is 0 Å². The van der Waals surface area contributed by atoms with Crippen molar-refractivity contribution in [2.75, 3.05) is 12.9 Å². The van der Waals surface area contributed by atoms with Gasteiger partial charge in [0.25, 0.3) is 0 Å². The lowest BCUT2D eigenvalue weighted by Gasteiger charge is -2.10. The first-order valence-corrected chi connectivity index (χ1v) is 8.83. The number of methoxy groups -OCH3 is 1. The molecule has 0 bridgehead atoms. The second-order valence-corrected chi connectivity index (χ2v) is 6.35. The summed E-state index contributed by atoms with van der Waals surface area (Å²) in [6, 6.07) is 14.0. The van der Waals surface area contributed by atoms with Crippen molar-refractivity contribution in [1.82, 2.24) is 19.7 Å². The van der Waals surface area contributed by atoms with E-state index in [2.05, 4.69) is 36.6 Å². The Bertz CT molecular complexity index is 822. The molecule has 0 radical (unpaired) electrons. The average Bonchev–Trinajstić information content (AvgIpc) is 3.05. The van der Waals surface area contributed by atoms with Crippen LogP contribution in [0.15, 0.2) is 60.0 Å². The molecule has 128 valence electrons. The molecule has 0 spiro atoms. The van der Waals surface area contributed by atoms with Crippen LogP contribution in [0, 0.1) is 0 Å². The number of thioether (sulfide) groups is 1. The Morgan fingerprint density at radius 2 is 1.88 bits per heavy atom. The van der Waals surface area contributed by atoms with Crippen LogP contribution < -0.4 is 0 Å². The van der Waals surface area contributed by atoms with Gasteiger partial charge in [-0.15, -0.1) is 10.2 Å². The number of pyridine rings is 1. The number of ether oxygens (including phenoxy) is 1. The molecule has 0 saturated heterocycles. The van der Waals surface area contributed by atoms with Crippen molar-refractivity contribution >= 4 is 17.7 Å². The van der Waals surface area contributed by atoms with Crippen LogP contribution in [-0.2, 0) is 16.1 Å². The zero-order valence-corrected chi connectivity index (χ0v) is 14.6. The van der Waals surface area contributed by atoms with Gasteiger partial charge in [-0.3, -0.25) is 14.3 Å². The normalized spacial score (nSPS) is 10.6. The minimum Gasteiger partial charge on any atom is -0.469 e. The molecular formula is C18H18N4O2S. The number of nitrogens with zero attached hydrogens (tertiary/aromatic N) is 4. The van der Waals surface area contributed by atoms with Crippen LogP contribution >= 0.6 is 11.8 Å². The van der Waals surface area contributed by atoms with Crippen LogP contribution in [0.3, 0.4) is 0 Å². The van der Waals surface area contributed by atoms with Crippen molar-refractivity contribution < 1.29 is 9.53 Å². The quantitative estimate of drug-likeness (QED) is 0.480. The summed E-state index contributed by atoms with van der Waals surface area (Å²) >= 11 is 1.50. The van der Waals surface area contributed by atoms with Gasteiger partial charge in [-0.25, -0.2) is 0 Å². The number of esters is 1. The molecule has 0 unspecified atom stereocenters. The van der Waals surface area contributed by atoms with E-state index in [9.17, 15) is 4.79 Å². The first-order chi connectivity index (χ1) is 12.3. The summed E-state index contributed by atoms with van der Waals surface area (Å²) in [7, 11) is 1.40. The SMILES string of the molecule is COC(=O)CCSc1nnc(-c2ccncc2)n1Cc1ccccc1. The highest BCUT2D eigenvalue weighted by atomic mass is 32.2. The lowest BCUT2D eigenvalue weighted by Crippen LogP contribution is -2.05. The van der Waals surface area contributed by atoms with Crippen molar-refractivity contribution in [2.45, 2.75) is 18.1 Å². The van der Waals surface area contributed by atoms with E-state index >= 15 is 0 Å². The third-order valence-electron chi connectivity index (χ3n) is 3.60. The van der Waals surface area contributed by atoms with E-state index in [1.807, 2.05) is 30.3 Å². The second kappa shape index (κ2) is 8.43. The maximum atomic E-state index is 11.3. The zero-order valence-electron chi connectivity index (χ0n) is 13.8. The van der Waals surface area contributed by atoms with Gasteiger partial charge in [0.05, 0.1) is 20.1 Å². The van der Waals surface area contributed by atoms with E-state index in [0.717, 1.165) is 22.1 Å². The minimum absolute atomic E-state index is 0.226. The summed E-state index contributed by atoms with van der Waals surface area (Å²) in [5.41, 5.74) is 2.12. The molecule has 25 heavy (non-hydrogen) atoms. The highest BCUT2D eigenvalue weighted by Gasteiger charge is 2.15. The molecule has 1 aromatic carbocycles. The number of hydrogen-bond acceptors (Lipinski definition) is 6. The summed E-state index contributed by atoms with van der Waals surface area (Å²) in [4.78, 5) is 15.4. The van der Waals surface area contributed by atoms with E-state index in [0.29, 0.717) is 18.7 Å². The predicted molar refractivity (Wildman–Crippen MR) is 96.2 cm³/mol. The molecule has 2 aromatic heterocycles. The Hall–Kier alpha value is -2.67. The van der Waals surface area contributed by atoms with Crippen molar-refractivity contribution in [1.29, 1.82) is 0 Å². The van der Waals surface area contributed by atoms with Gasteiger partial charge in [0.2, 0.25) is 0 Å². The second-order valence-electron chi connectivity index (χ2n) is 5.29. The van der Waals surface area contributed by atoms with Crippen LogP contribution in [0.5, 0.6) is 0 Å². The molecule has 0 aliphatic carbocycles. The predicted octanol–water partition coefficient (Wildman–Crippen LogP) is 3.04. The molecule has 0 aliphatic rings. The summed E-state index contributed by atoms with van der Waals surface area (Å²) in [6.07, 6.45) is 3.81. The van der Waals surface area contributed by atoms with Gasteiger partial charge in [-0.1, -0.05) is 42.1 Å². The summed E-state index contributed by atoms with van der Waals surface area (Å²) in [5, 5.41) is 9.44. The van der Waals surface area contributed by atoms with Crippen LogP contribution in [0.4, 0.5) is 0 Å². The van der Waals surface area contributed by atoms with Gasteiger partial charge in [-0.2, -0.15) is 0 Å². The minimum atomic E-state index is -0.226. The highest BCUT2D eigenvalue weighted by molar-refractivity contribution is 7.99. The monoisotopic (exact) mass is 354 g/mol. The molecule has 0 saturated carbocycles. The standard InChI is InChI=1S/C18H18N4O2S/c1-24-16(23)9-12-25-18-21-20-17(15-7-10-19-11-8-15)22(18)13-14-5-3-2-4-6-14/h2-8,10-11H,9,12-13H2,1H3. The zero-order chi connectivity index (χ0) is 17.5. The maximum absolute atomic E-state index is 11.3. The topological polar surface area (TPSA) is 69.9 Å². The fraction of sp³-hybridized carbons (Fsp3) is 0.222. The Balaban J connectivity index is 1.87. The van der Waals surface area contributed by atoms with Crippen LogP contribution in [0.1, 0.15) is 12.0 Å². The van der Waals surface area contributed by atoms with E-state index in [-0.39, 0.29) is 5.97 Å². The fourth-order valence-corrected chi connectivity index (χ4v) is 3.20. The van der Waals surface area contributed by atoms with E-state index in [1.54, 1.807) is 12.4 Å². The largest absolute Gasteiger partial charge is 0.469 e. The van der Waals surface area contributed by atoms with Crippen molar-refractivity contribution in [2.24, 2.45) is 0 Å². The molecule has 0 aliphatic heterocycles. The Labute approximate surface area is 150 Å². The smallest absolute Gasteiger partial charge is 0.306 e. The average molecular weight is 354 g/mol. The molecule has 0 amide bonds. The van der Waals surface area contributed by atoms with Crippen LogP contribution in [0.2, 0.25) is 0 Å². The molecule has 6 nitrogen and oxygen atoms in total. The maximum Gasteiger partial charge on any atom is 0.306 e. The van der Waals surface area contributed by atoms with E-state index in [1.165, 1.54) is 18.9 Å². The fourth-order valence-electron chi connectivity index (χ4n) is 2.35. The Morgan fingerprint density at radius 1 is 1.12 bits per heavy atom. The number of benzene rings is 1. The Morgan fingerprint density at radius 3 is 2.60 bits per heavy atom. The van der Waals surface area contributed by atoms with Gasteiger partial charge >= 0.3 is 5.97 Å². The van der Waals surface area contributed by atoms with Gasteiger partial charge in [-0.05, 0) is 17.7 Å². The number of carbonyl (C=O) groups excluding carboxylic acids is 1. The van der Waals surface area contributed by atoms with Crippen molar-refractivity contribution in [3.8, 4) is 11.4 Å². The van der Waals surface area contributed by atoms with Gasteiger partial charge in [0, 0.05) is 23.7 Å². The van der Waals surface area contributed by atoms with Gasteiger partial charge < -0.3 is 4.74 Å². The molecule has 0 atom stereocenters. The molecule has 0 fully saturated rings. The van der Waals surface area contributed by atoms with Crippen LogP contribution in [0.25, 0.3) is 11.4 Å². The Kier molecular flexibility index (Phi) is 5.79. The molecule has 3 aromatic rings. The van der Waals surface area contributed by atoms with Crippen molar-refractivity contribution in [3.05, 3.63) is 60.4 Å². The number of hydrogen-bond donors (Lipinski definition) is 0. The number of aromatic nitrogens is 4. The van der Waals surface area contributed by atoms with E-state index in [4.69, 9.17) is 0 Å². The van der Waals surface area contributed by atoms with Crippen LogP contribution in [-0.4, -0.2) is 38.6 Å². The lowest BCUT2D eigenvalue weighted by atomic mass is 10.2. The molecule has 0 N–H and O–H groups in total. The number of rotatable bonds is 7. The highest BCUT2D eigenvalue weighted by Crippen LogP contribution is 2.25.